The van der Waals surface area contributed by atoms with Gasteiger partial charge < -0.3 is 15.6 Å². The second-order valence-electron chi connectivity index (χ2n) is 1.35. The Kier molecular flexibility index (Phi) is 2.37. The molecule has 1 atom stereocenters. The molecule has 5 nitrogen and oxygen atoms in total. The minimum atomic E-state index is -1.70. The molecule has 0 heterocycles. The van der Waals surface area contributed by atoms with Gasteiger partial charge in [0.25, 0.3) is 0 Å². The Morgan fingerprint density at radius 3 is 2.00 bits per heavy atom. The van der Waals surface area contributed by atoms with Gasteiger partial charge in [-0.25, -0.2) is 0 Å². The standard InChI is InChI=1S/C4H5NO4/c5-3(7)2(1-6)4(8)9/h1-2H,(H2,5,7)(H,8,9). The van der Waals surface area contributed by atoms with E-state index in [1.54, 1.807) is 0 Å². The number of carbonyl (C=O) groups excluding carboxylic acids is 2. The first kappa shape index (κ1) is 7.61. The lowest BCUT2D eigenvalue weighted by Gasteiger charge is -1.94. The van der Waals surface area contributed by atoms with Gasteiger partial charge in [0.05, 0.1) is 0 Å². The highest BCUT2D eigenvalue weighted by molar-refractivity contribution is 6.08. The number of amides is 1. The number of aliphatic carboxylic acids is 1. The molecule has 0 aromatic heterocycles. The summed E-state index contributed by atoms with van der Waals surface area (Å²) in [6, 6.07) is 0. The van der Waals surface area contributed by atoms with E-state index in [1.165, 1.54) is 0 Å². The van der Waals surface area contributed by atoms with Crippen molar-refractivity contribution in [3.05, 3.63) is 0 Å². The van der Waals surface area contributed by atoms with Gasteiger partial charge in [0.1, 0.15) is 6.29 Å². The van der Waals surface area contributed by atoms with Crippen LogP contribution < -0.4 is 5.73 Å². The molecule has 0 fully saturated rings. The third-order valence-corrected chi connectivity index (χ3v) is 0.709. The number of hydrogen-bond acceptors (Lipinski definition) is 3. The Labute approximate surface area is 50.5 Å². The van der Waals surface area contributed by atoms with Crippen molar-refractivity contribution in [2.75, 3.05) is 0 Å². The Bertz CT molecular complexity index is 139. The monoisotopic (exact) mass is 131 g/mol. The molecule has 1 amide bonds. The van der Waals surface area contributed by atoms with Crippen LogP contribution in [0.2, 0.25) is 0 Å². The molecule has 0 radical (unpaired) electrons. The first-order valence-corrected chi connectivity index (χ1v) is 2.07. The number of aldehydes is 1. The number of hydrogen-bond donors (Lipinski definition) is 2. The van der Waals surface area contributed by atoms with Crippen molar-refractivity contribution < 1.29 is 19.5 Å². The summed E-state index contributed by atoms with van der Waals surface area (Å²) in [5.74, 6) is -4.36. The van der Waals surface area contributed by atoms with Crippen LogP contribution in [0.15, 0.2) is 0 Å². The van der Waals surface area contributed by atoms with Crippen molar-refractivity contribution in [3.8, 4) is 0 Å². The summed E-state index contributed by atoms with van der Waals surface area (Å²) in [5.41, 5.74) is 4.50. The summed E-state index contributed by atoms with van der Waals surface area (Å²) in [6.45, 7) is 0. The highest BCUT2D eigenvalue weighted by Crippen LogP contribution is 1.87. The third-order valence-electron chi connectivity index (χ3n) is 0.709. The number of carbonyl (C=O) groups is 3. The molecule has 0 saturated carbocycles. The number of nitrogens with two attached hydrogens (primary N) is 1. The minimum absolute atomic E-state index is 0.00926. The Morgan fingerprint density at radius 2 is 2.00 bits per heavy atom. The fourth-order valence-corrected chi connectivity index (χ4v) is 0.247. The van der Waals surface area contributed by atoms with Gasteiger partial charge >= 0.3 is 5.97 Å². The molecule has 0 bridgehead atoms. The quantitative estimate of drug-likeness (QED) is 0.355. The zero-order valence-corrected chi connectivity index (χ0v) is 4.40. The molecule has 0 saturated heterocycles. The Morgan fingerprint density at radius 1 is 1.56 bits per heavy atom. The predicted octanol–water partition coefficient (Wildman–Crippen LogP) is -1.63. The average Bonchev–Trinajstić information content (AvgIpc) is 1.64. The summed E-state index contributed by atoms with van der Waals surface area (Å²) in [4.78, 5) is 29.5. The molecule has 0 rings (SSSR count). The van der Waals surface area contributed by atoms with Crippen molar-refractivity contribution in [2.24, 2.45) is 11.7 Å². The molecule has 0 aliphatic carbocycles. The maximum absolute atomic E-state index is 9.98. The lowest BCUT2D eigenvalue weighted by atomic mass is 10.2. The molecule has 50 valence electrons. The number of primary amides is 1. The van der Waals surface area contributed by atoms with Gasteiger partial charge in [0, 0.05) is 0 Å². The maximum Gasteiger partial charge on any atom is 0.323 e. The second kappa shape index (κ2) is 2.81. The smallest absolute Gasteiger partial charge is 0.323 e. The summed E-state index contributed by atoms with van der Waals surface area (Å²) in [7, 11) is 0. The lowest BCUT2D eigenvalue weighted by molar-refractivity contribution is -0.147. The van der Waals surface area contributed by atoms with Gasteiger partial charge in [-0.05, 0) is 0 Å². The van der Waals surface area contributed by atoms with E-state index in [4.69, 9.17) is 5.11 Å². The van der Waals surface area contributed by atoms with Crippen LogP contribution >= 0.6 is 0 Å². The van der Waals surface area contributed by atoms with Crippen LogP contribution in [0.3, 0.4) is 0 Å². The van der Waals surface area contributed by atoms with Crippen LogP contribution in [0.5, 0.6) is 0 Å². The Balaban J connectivity index is 4.16. The van der Waals surface area contributed by atoms with Crippen LogP contribution in [0.1, 0.15) is 0 Å². The molecular formula is C4H5NO4. The summed E-state index contributed by atoms with van der Waals surface area (Å²) in [5, 5.41) is 8.01. The molecule has 0 aromatic rings. The van der Waals surface area contributed by atoms with Crippen molar-refractivity contribution in [1.29, 1.82) is 0 Å². The molecule has 0 aliphatic rings. The van der Waals surface area contributed by atoms with Gasteiger partial charge in [0.2, 0.25) is 5.91 Å². The van der Waals surface area contributed by atoms with E-state index in [2.05, 4.69) is 5.73 Å². The van der Waals surface area contributed by atoms with E-state index < -0.39 is 17.8 Å². The van der Waals surface area contributed by atoms with Gasteiger partial charge in [-0.3, -0.25) is 9.59 Å². The summed E-state index contributed by atoms with van der Waals surface area (Å²) >= 11 is 0. The molecular weight excluding hydrogens is 126 g/mol. The number of carboxylic acids is 1. The highest BCUT2D eigenvalue weighted by Gasteiger charge is 2.21. The van der Waals surface area contributed by atoms with E-state index in [0.717, 1.165) is 0 Å². The second-order valence-corrected chi connectivity index (χ2v) is 1.35. The normalized spacial score (nSPS) is 12.0. The van der Waals surface area contributed by atoms with E-state index >= 15 is 0 Å². The third kappa shape index (κ3) is 1.89. The van der Waals surface area contributed by atoms with Gasteiger partial charge in [-0.1, -0.05) is 0 Å². The van der Waals surface area contributed by atoms with Crippen molar-refractivity contribution >= 4 is 18.2 Å². The Hall–Kier alpha value is -1.39. The summed E-state index contributed by atoms with van der Waals surface area (Å²) < 4.78 is 0. The molecule has 9 heavy (non-hydrogen) atoms. The van der Waals surface area contributed by atoms with Crippen molar-refractivity contribution in [3.63, 3.8) is 0 Å². The van der Waals surface area contributed by atoms with E-state index in [1.807, 2.05) is 0 Å². The zero-order chi connectivity index (χ0) is 7.44. The maximum atomic E-state index is 9.98. The number of rotatable bonds is 3. The highest BCUT2D eigenvalue weighted by atomic mass is 16.4. The van der Waals surface area contributed by atoms with Crippen LogP contribution in [0, 0.1) is 5.92 Å². The molecule has 1 unspecified atom stereocenters. The van der Waals surface area contributed by atoms with Crippen molar-refractivity contribution in [1.82, 2.24) is 0 Å². The molecule has 5 heteroatoms. The van der Waals surface area contributed by atoms with Crippen molar-refractivity contribution in [2.45, 2.75) is 0 Å². The minimum Gasteiger partial charge on any atom is -0.480 e. The molecule has 0 spiro atoms. The SMILES string of the molecule is NC(=O)C(C=O)C(=O)O. The van der Waals surface area contributed by atoms with Gasteiger partial charge in [0.15, 0.2) is 5.92 Å². The number of carboxylic acid groups (broad SMARTS) is 1. The molecule has 0 aliphatic heterocycles. The van der Waals surface area contributed by atoms with Gasteiger partial charge in [-0.15, -0.1) is 0 Å². The van der Waals surface area contributed by atoms with Crippen LogP contribution in [-0.2, 0) is 14.4 Å². The summed E-state index contributed by atoms with van der Waals surface area (Å²) in [6.07, 6.45) is -0.00926. The van der Waals surface area contributed by atoms with Gasteiger partial charge in [-0.2, -0.15) is 0 Å². The first-order chi connectivity index (χ1) is 4.09. The van der Waals surface area contributed by atoms with E-state index in [0.29, 0.717) is 0 Å². The first-order valence-electron chi connectivity index (χ1n) is 2.07. The van der Waals surface area contributed by atoms with E-state index in [9.17, 15) is 14.4 Å². The van der Waals surface area contributed by atoms with Crippen LogP contribution in [-0.4, -0.2) is 23.3 Å². The van der Waals surface area contributed by atoms with Crippen LogP contribution in [0.4, 0.5) is 0 Å². The molecule has 3 N–H and O–H groups in total. The van der Waals surface area contributed by atoms with Crippen LogP contribution in [0.25, 0.3) is 0 Å². The largest absolute Gasteiger partial charge is 0.480 e. The fraction of sp³-hybridized carbons (Fsp3) is 0.250. The topological polar surface area (TPSA) is 97.5 Å². The molecule has 0 aromatic carbocycles. The van der Waals surface area contributed by atoms with E-state index in [-0.39, 0.29) is 6.29 Å². The zero-order valence-electron chi connectivity index (χ0n) is 4.40. The fourth-order valence-electron chi connectivity index (χ4n) is 0.247. The average molecular weight is 131 g/mol. The predicted molar refractivity (Wildman–Crippen MR) is 26.4 cm³/mol. The lowest BCUT2D eigenvalue weighted by Crippen LogP contribution is -2.31.